The first-order valence-electron chi connectivity index (χ1n) is 14.2. The number of hydrogen-bond acceptors (Lipinski definition) is 8. The number of pyridine rings is 1. The van der Waals surface area contributed by atoms with Crippen molar-refractivity contribution in [2.24, 2.45) is 7.05 Å². The fourth-order valence-corrected chi connectivity index (χ4v) is 5.57. The van der Waals surface area contributed by atoms with Gasteiger partial charge in [-0.05, 0) is 40.0 Å². The zero-order valence-corrected chi connectivity index (χ0v) is 24.9. The Morgan fingerprint density at radius 3 is 2.33 bits per heavy atom. The van der Waals surface area contributed by atoms with E-state index in [1.54, 1.807) is 0 Å². The summed E-state index contributed by atoms with van der Waals surface area (Å²) in [5.74, 6) is -0.883. The van der Waals surface area contributed by atoms with E-state index in [0.29, 0.717) is 50.0 Å². The van der Waals surface area contributed by atoms with Crippen LogP contribution >= 0.6 is 0 Å². The maximum atomic E-state index is 15.8. The summed E-state index contributed by atoms with van der Waals surface area (Å²) >= 11 is 0. The molecule has 230 valence electrons. The molecule has 10 nitrogen and oxygen atoms in total. The maximum absolute atomic E-state index is 15.8. The van der Waals surface area contributed by atoms with Gasteiger partial charge in [0.05, 0.1) is 29.6 Å². The number of nitrogens with zero attached hydrogens (tertiary/aromatic N) is 6. The van der Waals surface area contributed by atoms with Crippen LogP contribution in [0.15, 0.2) is 41.6 Å². The lowest BCUT2D eigenvalue weighted by Crippen LogP contribution is -2.55. The van der Waals surface area contributed by atoms with E-state index < -0.39 is 29.3 Å². The van der Waals surface area contributed by atoms with Crippen molar-refractivity contribution in [1.29, 1.82) is 0 Å². The minimum absolute atomic E-state index is 0.0332. The van der Waals surface area contributed by atoms with Gasteiger partial charge in [-0.3, -0.25) is 14.5 Å². The molecule has 0 radical (unpaired) electrons. The standard InChI is InChI=1S/C30H36F3N7O3/c1-17-13-40(14-18(2)38(17)5)26-10-24(31)21(20-11-34-30(35-12-20)39-6-7-43-19(3)15-39)8-25(26)36-29(42)23-16-37(4)27(41)9-22(23)28(32)33/h8-12,16-19,28H,6-7,13-15H2,1-5H3,(H,36,42)/t17-,18+,19-/m0/s1. The fourth-order valence-electron chi connectivity index (χ4n) is 5.57. The topological polar surface area (TPSA) is 95.8 Å². The molecule has 0 spiro atoms. The summed E-state index contributed by atoms with van der Waals surface area (Å²) in [6.07, 6.45) is 1.12. The Labute approximate surface area is 248 Å². The molecule has 43 heavy (non-hydrogen) atoms. The summed E-state index contributed by atoms with van der Waals surface area (Å²) in [7, 11) is 3.40. The van der Waals surface area contributed by atoms with E-state index in [0.717, 1.165) is 16.8 Å². The molecule has 2 aliphatic rings. The van der Waals surface area contributed by atoms with Crippen LogP contribution < -0.4 is 20.7 Å². The number of carbonyl (C=O) groups is 1. The van der Waals surface area contributed by atoms with Crippen LogP contribution in [0, 0.1) is 5.82 Å². The van der Waals surface area contributed by atoms with Crippen molar-refractivity contribution in [3.8, 4) is 11.1 Å². The highest BCUT2D eigenvalue weighted by atomic mass is 19.3. The van der Waals surface area contributed by atoms with Crippen LogP contribution in [-0.4, -0.2) is 83.4 Å². The van der Waals surface area contributed by atoms with Gasteiger partial charge >= 0.3 is 0 Å². The second-order valence-electron chi connectivity index (χ2n) is 11.4. The van der Waals surface area contributed by atoms with Crippen LogP contribution in [0.3, 0.4) is 0 Å². The number of anilines is 3. The van der Waals surface area contributed by atoms with Crippen molar-refractivity contribution >= 4 is 23.2 Å². The number of amides is 1. The zero-order valence-electron chi connectivity index (χ0n) is 24.9. The van der Waals surface area contributed by atoms with Crippen molar-refractivity contribution in [2.75, 3.05) is 55.0 Å². The van der Waals surface area contributed by atoms with Crippen LogP contribution in [0.1, 0.15) is 43.1 Å². The molecule has 3 atom stereocenters. The third-order valence-corrected chi connectivity index (χ3v) is 8.25. The summed E-state index contributed by atoms with van der Waals surface area (Å²) < 4.78 is 50.1. The number of benzene rings is 1. The molecular weight excluding hydrogens is 563 g/mol. The second-order valence-corrected chi connectivity index (χ2v) is 11.4. The molecule has 2 fully saturated rings. The van der Waals surface area contributed by atoms with Crippen molar-refractivity contribution in [1.82, 2.24) is 19.4 Å². The second kappa shape index (κ2) is 12.3. The highest BCUT2D eigenvalue weighted by Crippen LogP contribution is 2.36. The van der Waals surface area contributed by atoms with E-state index >= 15 is 4.39 Å². The minimum atomic E-state index is -3.04. The number of likely N-dealkylation sites (N-methyl/N-ethyl adjacent to an activating group) is 1. The molecule has 0 bridgehead atoms. The van der Waals surface area contributed by atoms with Gasteiger partial charge in [0.15, 0.2) is 0 Å². The molecule has 0 unspecified atom stereocenters. The van der Waals surface area contributed by atoms with Gasteiger partial charge in [-0.15, -0.1) is 0 Å². The number of halogens is 3. The summed E-state index contributed by atoms with van der Waals surface area (Å²) in [5.41, 5.74) is -0.484. The Bertz CT molecular complexity index is 1540. The van der Waals surface area contributed by atoms with Crippen molar-refractivity contribution in [2.45, 2.75) is 45.4 Å². The van der Waals surface area contributed by atoms with Crippen LogP contribution in [0.2, 0.25) is 0 Å². The van der Waals surface area contributed by atoms with E-state index in [-0.39, 0.29) is 35.0 Å². The number of aryl methyl sites for hydroxylation is 1. The quantitative estimate of drug-likeness (QED) is 0.456. The van der Waals surface area contributed by atoms with E-state index in [2.05, 4.69) is 34.0 Å². The third-order valence-electron chi connectivity index (χ3n) is 8.25. The Kier molecular flexibility index (Phi) is 8.74. The molecule has 1 N–H and O–H groups in total. The Morgan fingerprint density at radius 1 is 1.02 bits per heavy atom. The number of nitrogens with one attached hydrogen (secondary N) is 1. The highest BCUT2D eigenvalue weighted by molar-refractivity contribution is 6.07. The van der Waals surface area contributed by atoms with Gasteiger partial charge in [-0.25, -0.2) is 23.1 Å². The zero-order chi connectivity index (χ0) is 31.0. The SMILES string of the molecule is C[C@@H]1CN(c2cc(F)c(-c3cnc(N4CCO[C@@H](C)C4)nc3)cc2NC(=O)c2cn(C)c(=O)cc2C(F)F)C[C@H](C)N1C. The van der Waals surface area contributed by atoms with E-state index in [1.165, 1.54) is 31.6 Å². The summed E-state index contributed by atoms with van der Waals surface area (Å²) in [4.78, 5) is 40.6. The number of morpholine rings is 1. The molecule has 0 aliphatic carbocycles. The molecule has 1 aromatic carbocycles. The Morgan fingerprint density at radius 2 is 1.70 bits per heavy atom. The number of hydrogen-bond donors (Lipinski definition) is 1. The first-order valence-corrected chi connectivity index (χ1v) is 14.2. The first-order chi connectivity index (χ1) is 20.4. The molecule has 1 amide bonds. The molecule has 5 rings (SSSR count). The summed E-state index contributed by atoms with van der Waals surface area (Å²) in [6, 6.07) is 3.85. The highest BCUT2D eigenvalue weighted by Gasteiger charge is 2.30. The number of aromatic nitrogens is 3. The van der Waals surface area contributed by atoms with Crippen molar-refractivity contribution in [3.63, 3.8) is 0 Å². The normalized spacial score (nSPS) is 21.4. The van der Waals surface area contributed by atoms with E-state index in [4.69, 9.17) is 4.74 Å². The number of alkyl halides is 2. The van der Waals surface area contributed by atoms with Crippen LogP contribution in [0.5, 0.6) is 0 Å². The number of rotatable bonds is 6. The van der Waals surface area contributed by atoms with Gasteiger partial charge in [0.25, 0.3) is 17.9 Å². The Balaban J connectivity index is 1.54. The third kappa shape index (κ3) is 6.37. The molecule has 0 saturated carbocycles. The van der Waals surface area contributed by atoms with Crippen molar-refractivity contribution < 1.29 is 22.7 Å². The van der Waals surface area contributed by atoms with E-state index in [1.807, 2.05) is 23.8 Å². The largest absolute Gasteiger partial charge is 0.375 e. The first kappa shape index (κ1) is 30.5. The molecule has 13 heteroatoms. The fraction of sp³-hybridized carbons (Fsp3) is 0.467. The van der Waals surface area contributed by atoms with Gasteiger partial charge in [0, 0.05) is 86.7 Å². The average molecular weight is 600 g/mol. The predicted molar refractivity (Wildman–Crippen MR) is 159 cm³/mol. The predicted octanol–water partition coefficient (Wildman–Crippen LogP) is 3.93. The monoisotopic (exact) mass is 599 g/mol. The molecule has 2 aliphatic heterocycles. The molecule has 2 saturated heterocycles. The summed E-state index contributed by atoms with van der Waals surface area (Å²) in [5, 5.41) is 2.74. The van der Waals surface area contributed by atoms with Gasteiger partial charge in [-0.1, -0.05) is 0 Å². The molecule has 3 aromatic rings. The number of piperazine rings is 1. The minimum Gasteiger partial charge on any atom is -0.375 e. The molecule has 2 aromatic heterocycles. The lowest BCUT2D eigenvalue weighted by molar-refractivity contribution is 0.0526. The summed E-state index contributed by atoms with van der Waals surface area (Å²) in [6.45, 7) is 9.01. The van der Waals surface area contributed by atoms with Gasteiger partial charge in [-0.2, -0.15) is 0 Å². The Hall–Kier alpha value is -3.97. The van der Waals surface area contributed by atoms with Crippen molar-refractivity contribution in [3.05, 3.63) is 64.1 Å². The van der Waals surface area contributed by atoms with Gasteiger partial charge in [0.2, 0.25) is 5.95 Å². The van der Waals surface area contributed by atoms with E-state index in [9.17, 15) is 18.4 Å². The molecular formula is C30H36F3N7O3. The van der Waals surface area contributed by atoms with Crippen LogP contribution in [-0.2, 0) is 11.8 Å². The van der Waals surface area contributed by atoms with Crippen LogP contribution in [0.4, 0.5) is 30.5 Å². The lowest BCUT2D eigenvalue weighted by Gasteiger charge is -2.44. The smallest absolute Gasteiger partial charge is 0.264 e. The molecule has 4 heterocycles. The number of carbonyl (C=O) groups excluding carboxylic acids is 1. The van der Waals surface area contributed by atoms with Gasteiger partial charge in [0.1, 0.15) is 5.82 Å². The maximum Gasteiger partial charge on any atom is 0.264 e. The lowest BCUT2D eigenvalue weighted by atomic mass is 10.0. The van der Waals surface area contributed by atoms with Crippen LogP contribution in [0.25, 0.3) is 11.1 Å². The van der Waals surface area contributed by atoms with Gasteiger partial charge < -0.3 is 24.4 Å². The average Bonchev–Trinajstić information content (AvgIpc) is 2.97. The number of ether oxygens (including phenoxy) is 1.